The summed E-state index contributed by atoms with van der Waals surface area (Å²) in [4.78, 5) is 2.64. The molecule has 0 radical (unpaired) electrons. The van der Waals surface area contributed by atoms with Gasteiger partial charge in [0.1, 0.15) is 0 Å². The number of hydrogen-bond donors (Lipinski definition) is 1. The number of halogens is 1. The van der Waals surface area contributed by atoms with Crippen LogP contribution in [0.15, 0.2) is 16.6 Å². The molecule has 2 fully saturated rings. The highest BCUT2D eigenvalue weighted by Crippen LogP contribution is 2.38. The van der Waals surface area contributed by atoms with Gasteiger partial charge < -0.3 is 9.84 Å². The van der Waals surface area contributed by atoms with E-state index >= 15 is 0 Å². The lowest BCUT2D eigenvalue weighted by atomic mass is 9.78. The Morgan fingerprint density at radius 3 is 2.81 bits per heavy atom. The number of methoxy groups -OCH3 is 1. The van der Waals surface area contributed by atoms with E-state index in [-0.39, 0.29) is 5.75 Å². The molecule has 21 heavy (non-hydrogen) atoms. The number of likely N-dealkylation sites (tertiary alicyclic amines) is 1. The number of fused-ring (bicyclic) bond motifs is 1. The highest BCUT2D eigenvalue weighted by Gasteiger charge is 2.33. The van der Waals surface area contributed by atoms with Gasteiger partial charge in [-0.3, -0.25) is 4.90 Å². The first kappa shape index (κ1) is 15.2. The van der Waals surface area contributed by atoms with E-state index in [0.29, 0.717) is 10.2 Å². The normalized spacial score (nSPS) is 26.4. The zero-order valence-corrected chi connectivity index (χ0v) is 14.2. The third-order valence-electron chi connectivity index (χ3n) is 5.05. The van der Waals surface area contributed by atoms with Crippen LogP contribution < -0.4 is 4.74 Å². The predicted octanol–water partition coefficient (Wildman–Crippen LogP) is 4.32. The summed E-state index contributed by atoms with van der Waals surface area (Å²) in [5, 5.41) is 9.93. The lowest BCUT2D eigenvalue weighted by Crippen LogP contribution is -2.46. The number of rotatable bonds is 3. The van der Waals surface area contributed by atoms with Crippen molar-refractivity contribution >= 4 is 15.9 Å². The summed E-state index contributed by atoms with van der Waals surface area (Å²) in [6.07, 6.45) is 8.26. The number of piperidine rings is 1. The molecule has 1 aliphatic carbocycles. The first-order valence-corrected chi connectivity index (χ1v) is 8.77. The Labute approximate surface area is 135 Å². The summed E-state index contributed by atoms with van der Waals surface area (Å²) in [7, 11) is 1.60. The summed E-state index contributed by atoms with van der Waals surface area (Å²) in [5.74, 6) is 1.64. The number of aromatic hydroxyl groups is 1. The molecule has 0 amide bonds. The van der Waals surface area contributed by atoms with Crippen molar-refractivity contribution in [3.8, 4) is 11.5 Å². The van der Waals surface area contributed by atoms with E-state index < -0.39 is 0 Å². The highest BCUT2D eigenvalue weighted by molar-refractivity contribution is 9.10. The topological polar surface area (TPSA) is 32.7 Å². The molecule has 2 aliphatic rings. The zero-order chi connectivity index (χ0) is 14.8. The van der Waals surface area contributed by atoms with Crippen LogP contribution in [0.5, 0.6) is 11.5 Å². The van der Waals surface area contributed by atoms with E-state index in [9.17, 15) is 5.11 Å². The lowest BCUT2D eigenvalue weighted by Gasteiger charge is -2.44. The molecule has 1 aliphatic heterocycles. The van der Waals surface area contributed by atoms with Crippen molar-refractivity contribution in [2.24, 2.45) is 5.92 Å². The van der Waals surface area contributed by atoms with Gasteiger partial charge in [-0.15, -0.1) is 0 Å². The first-order chi connectivity index (χ1) is 10.2. The van der Waals surface area contributed by atoms with Gasteiger partial charge in [0, 0.05) is 12.6 Å². The van der Waals surface area contributed by atoms with Crippen molar-refractivity contribution in [2.75, 3.05) is 13.7 Å². The van der Waals surface area contributed by atoms with Crippen LogP contribution >= 0.6 is 15.9 Å². The quantitative estimate of drug-likeness (QED) is 0.878. The average Bonchev–Trinajstić information content (AvgIpc) is 2.51. The second-order valence-corrected chi connectivity index (χ2v) is 7.21. The fourth-order valence-corrected chi connectivity index (χ4v) is 4.52. The van der Waals surface area contributed by atoms with Crippen LogP contribution in [-0.2, 0) is 6.54 Å². The highest BCUT2D eigenvalue weighted by atomic mass is 79.9. The molecule has 3 nitrogen and oxygen atoms in total. The molecule has 1 aromatic carbocycles. The smallest absolute Gasteiger partial charge is 0.172 e. The molecule has 1 aromatic rings. The Bertz CT molecular complexity index is 504. The largest absolute Gasteiger partial charge is 0.503 e. The second-order valence-electron chi connectivity index (χ2n) is 6.35. The minimum absolute atomic E-state index is 0.190. The van der Waals surface area contributed by atoms with E-state index in [1.165, 1.54) is 50.6 Å². The van der Waals surface area contributed by atoms with Gasteiger partial charge >= 0.3 is 0 Å². The van der Waals surface area contributed by atoms with Crippen molar-refractivity contribution in [1.82, 2.24) is 4.90 Å². The van der Waals surface area contributed by atoms with E-state index in [0.717, 1.165) is 18.5 Å². The molecule has 0 spiro atoms. The molecule has 1 saturated carbocycles. The van der Waals surface area contributed by atoms with E-state index in [1.54, 1.807) is 7.11 Å². The van der Waals surface area contributed by atoms with Crippen molar-refractivity contribution in [3.63, 3.8) is 0 Å². The fraction of sp³-hybridized carbons (Fsp3) is 0.647. The Kier molecular flexibility index (Phi) is 4.75. The van der Waals surface area contributed by atoms with Gasteiger partial charge in [-0.1, -0.05) is 12.8 Å². The Balaban J connectivity index is 1.77. The van der Waals surface area contributed by atoms with Crippen LogP contribution in [0.25, 0.3) is 0 Å². The second kappa shape index (κ2) is 6.57. The molecule has 0 aromatic heterocycles. The molecule has 1 saturated heterocycles. The molecular formula is C17H24BrNO2. The predicted molar refractivity (Wildman–Crippen MR) is 87.7 cm³/mol. The Morgan fingerprint density at radius 1 is 1.24 bits per heavy atom. The Morgan fingerprint density at radius 2 is 2.00 bits per heavy atom. The summed E-state index contributed by atoms with van der Waals surface area (Å²) in [6, 6.07) is 4.74. The maximum atomic E-state index is 9.93. The van der Waals surface area contributed by atoms with Gasteiger partial charge in [0.2, 0.25) is 0 Å². The van der Waals surface area contributed by atoms with Crippen LogP contribution in [0.2, 0.25) is 0 Å². The van der Waals surface area contributed by atoms with Gasteiger partial charge in [0.15, 0.2) is 11.5 Å². The number of phenols is 1. The van der Waals surface area contributed by atoms with Crippen molar-refractivity contribution in [3.05, 3.63) is 22.2 Å². The van der Waals surface area contributed by atoms with E-state index in [1.807, 2.05) is 12.1 Å². The van der Waals surface area contributed by atoms with Crippen molar-refractivity contribution in [2.45, 2.75) is 51.1 Å². The SMILES string of the molecule is COc1cc(CN2CCCC3CCCCC32)cc(Br)c1O. The monoisotopic (exact) mass is 353 g/mol. The standard InChI is InChI=1S/C17H24BrNO2/c1-21-16-10-12(9-14(18)17(16)20)11-19-8-4-6-13-5-2-3-7-15(13)19/h9-10,13,15,20H,2-8,11H2,1H3. The summed E-state index contributed by atoms with van der Waals surface area (Å²) in [6.45, 7) is 2.15. The fourth-order valence-electron chi connectivity index (χ4n) is 4.03. The van der Waals surface area contributed by atoms with Crippen molar-refractivity contribution in [1.29, 1.82) is 0 Å². The van der Waals surface area contributed by atoms with Crippen LogP contribution in [-0.4, -0.2) is 29.7 Å². The maximum Gasteiger partial charge on any atom is 0.172 e. The first-order valence-electron chi connectivity index (χ1n) is 7.98. The number of nitrogens with zero attached hydrogens (tertiary/aromatic N) is 1. The molecule has 2 unspecified atom stereocenters. The molecule has 0 bridgehead atoms. The number of hydrogen-bond acceptors (Lipinski definition) is 3. The van der Waals surface area contributed by atoms with Crippen LogP contribution in [0.4, 0.5) is 0 Å². The number of ether oxygens (including phenoxy) is 1. The number of phenolic OH excluding ortho intramolecular Hbond substituents is 1. The minimum atomic E-state index is 0.190. The van der Waals surface area contributed by atoms with Crippen molar-refractivity contribution < 1.29 is 9.84 Å². The summed E-state index contributed by atoms with van der Waals surface area (Å²) in [5.41, 5.74) is 1.21. The maximum absolute atomic E-state index is 9.93. The third-order valence-corrected chi connectivity index (χ3v) is 5.66. The molecule has 1 N–H and O–H groups in total. The Hall–Kier alpha value is -0.740. The molecule has 4 heteroatoms. The van der Waals surface area contributed by atoms with Gasteiger partial charge in [-0.25, -0.2) is 0 Å². The molecule has 3 rings (SSSR count). The molecular weight excluding hydrogens is 330 g/mol. The van der Waals surface area contributed by atoms with Crippen LogP contribution in [0, 0.1) is 5.92 Å². The lowest BCUT2D eigenvalue weighted by molar-refractivity contribution is 0.0546. The van der Waals surface area contributed by atoms with Crippen LogP contribution in [0.3, 0.4) is 0 Å². The molecule has 2 atom stereocenters. The zero-order valence-electron chi connectivity index (χ0n) is 12.6. The van der Waals surface area contributed by atoms with Crippen LogP contribution in [0.1, 0.15) is 44.1 Å². The third kappa shape index (κ3) is 3.21. The number of benzene rings is 1. The van der Waals surface area contributed by atoms with E-state index in [4.69, 9.17) is 4.74 Å². The average molecular weight is 354 g/mol. The van der Waals surface area contributed by atoms with Gasteiger partial charge in [0.05, 0.1) is 11.6 Å². The van der Waals surface area contributed by atoms with Gasteiger partial charge in [0.25, 0.3) is 0 Å². The van der Waals surface area contributed by atoms with E-state index in [2.05, 4.69) is 20.8 Å². The van der Waals surface area contributed by atoms with Gasteiger partial charge in [-0.2, -0.15) is 0 Å². The van der Waals surface area contributed by atoms with Gasteiger partial charge in [-0.05, 0) is 71.8 Å². The molecule has 116 valence electrons. The summed E-state index contributed by atoms with van der Waals surface area (Å²) < 4.78 is 5.98. The summed E-state index contributed by atoms with van der Waals surface area (Å²) >= 11 is 3.42. The molecule has 1 heterocycles. The minimum Gasteiger partial charge on any atom is -0.503 e.